The van der Waals surface area contributed by atoms with E-state index < -0.39 is 28.7 Å². The molecule has 2 radical (unpaired) electrons. The molecule has 0 saturated heterocycles. The van der Waals surface area contributed by atoms with Gasteiger partial charge in [-0.15, -0.1) is 0 Å². The molecule has 0 aliphatic carbocycles. The minimum absolute atomic E-state index is 0.880. The molecule has 254 valence electrons. The van der Waals surface area contributed by atoms with Gasteiger partial charge in [0.2, 0.25) is 0 Å². The summed E-state index contributed by atoms with van der Waals surface area (Å²) in [5.41, 5.74) is 0. The van der Waals surface area contributed by atoms with Crippen molar-refractivity contribution in [2.45, 2.75) is 0 Å². The Balaban J connectivity index is 0.000000194. The second kappa shape index (κ2) is 18.3. The number of hydrogen-bond acceptors (Lipinski definition) is 6. The third kappa shape index (κ3) is 9.25. The molecule has 0 aliphatic heterocycles. The molecular weight excluding hydrogens is 746 g/mol. The predicted octanol–water partition coefficient (Wildman–Crippen LogP) is 4.46. The Morgan fingerprint density at radius 2 is 0.340 bits per heavy atom. The zero-order valence-corrected chi connectivity index (χ0v) is 33.5. The van der Waals surface area contributed by atoms with E-state index in [1.165, 1.54) is 26.4 Å². The van der Waals surface area contributed by atoms with E-state index in [4.69, 9.17) is 28.4 Å². The quantitative estimate of drug-likeness (QED) is 0.171. The first kappa shape index (κ1) is 36.5. The van der Waals surface area contributed by atoms with Gasteiger partial charge in [0.05, 0.1) is 0 Å². The van der Waals surface area contributed by atoms with E-state index in [1.54, 1.807) is 42.7 Å². The molecule has 8 heteroatoms. The van der Waals surface area contributed by atoms with Crippen LogP contribution >= 0.6 is 0 Å². The molecule has 0 fully saturated rings. The first-order valence-corrected chi connectivity index (χ1v) is 22.4. The normalized spacial score (nSPS) is 10.6. The number of rotatable bonds is 12. The number of methoxy groups -OCH3 is 6. The summed E-state index contributed by atoms with van der Waals surface area (Å²) in [6.07, 6.45) is 0. The van der Waals surface area contributed by atoms with Crippen molar-refractivity contribution >= 4 is 55.1 Å². The first-order chi connectivity index (χ1) is 24.5. The van der Waals surface area contributed by atoms with Crippen LogP contribution < -0.4 is 54.8 Å². The molecule has 0 atom stereocenters. The van der Waals surface area contributed by atoms with Gasteiger partial charge in [0.15, 0.2) is 0 Å². The Hall–Kier alpha value is -4.79. The molecular formula is C42H42Ge2O6. The van der Waals surface area contributed by atoms with Crippen LogP contribution in [0.2, 0.25) is 0 Å². The maximum atomic E-state index is 5.31. The third-order valence-corrected chi connectivity index (χ3v) is 19.7. The molecule has 50 heavy (non-hydrogen) atoms. The van der Waals surface area contributed by atoms with Crippen molar-refractivity contribution in [3.05, 3.63) is 146 Å². The molecule has 6 aromatic rings. The van der Waals surface area contributed by atoms with E-state index in [9.17, 15) is 0 Å². The summed E-state index contributed by atoms with van der Waals surface area (Å²) in [4.78, 5) is 0. The standard InChI is InChI=1S/2C21H21GeO3/c2*1-23-19-10-4-16(5-11-19)22(17-6-12-20(24-2)13-7-17)18-8-14-21(25-3)15-9-18/h2*4-15H,1-3H3. The maximum absolute atomic E-state index is 5.31. The molecule has 6 rings (SSSR count). The minimum atomic E-state index is -1.91. The molecule has 0 saturated carbocycles. The van der Waals surface area contributed by atoms with Gasteiger partial charge in [0.1, 0.15) is 0 Å². The van der Waals surface area contributed by atoms with E-state index in [1.807, 2.05) is 72.8 Å². The number of benzene rings is 6. The van der Waals surface area contributed by atoms with Crippen LogP contribution in [-0.4, -0.2) is 71.4 Å². The summed E-state index contributed by atoms with van der Waals surface area (Å²) in [6, 6.07) is 50.6. The Kier molecular flexibility index (Phi) is 13.3. The van der Waals surface area contributed by atoms with Crippen molar-refractivity contribution in [3.8, 4) is 34.5 Å². The summed E-state index contributed by atoms with van der Waals surface area (Å²) < 4.78 is 40.1. The summed E-state index contributed by atoms with van der Waals surface area (Å²) in [7, 11) is 10.2. The van der Waals surface area contributed by atoms with Crippen molar-refractivity contribution in [3.63, 3.8) is 0 Å². The summed E-state index contributed by atoms with van der Waals surface area (Å²) in [6.45, 7) is 0. The van der Waals surface area contributed by atoms with Gasteiger partial charge in [-0.1, -0.05) is 0 Å². The van der Waals surface area contributed by atoms with Gasteiger partial charge in [0, 0.05) is 0 Å². The van der Waals surface area contributed by atoms with E-state index in [2.05, 4.69) is 72.8 Å². The van der Waals surface area contributed by atoms with Crippen molar-refractivity contribution in [2.24, 2.45) is 0 Å². The van der Waals surface area contributed by atoms with Crippen LogP contribution in [0.15, 0.2) is 146 Å². The monoisotopic (exact) mass is 790 g/mol. The second-order valence-electron chi connectivity index (χ2n) is 11.1. The summed E-state index contributed by atoms with van der Waals surface area (Å²) in [5, 5.41) is 0. The summed E-state index contributed by atoms with van der Waals surface area (Å²) in [5.74, 6) is 5.28. The molecule has 6 nitrogen and oxygen atoms in total. The van der Waals surface area contributed by atoms with Crippen LogP contribution in [0, 0.1) is 0 Å². The molecule has 6 aromatic carbocycles. The SMILES string of the molecule is COc1cc[c]([Ge]([c]2ccc(OC)cc2)[c]2ccc(OC)cc2)cc1.COc1cc[c]([Ge]([c]2ccc(OC)cc2)[c]2ccc(OC)cc2)cc1. The average molecular weight is 788 g/mol. The van der Waals surface area contributed by atoms with Crippen LogP contribution in [-0.2, 0) is 0 Å². The van der Waals surface area contributed by atoms with Crippen molar-refractivity contribution < 1.29 is 28.4 Å². The molecule has 0 amide bonds. The Bertz CT molecular complexity index is 1510. The van der Waals surface area contributed by atoms with Crippen LogP contribution in [0.4, 0.5) is 0 Å². The Morgan fingerprint density at radius 3 is 0.440 bits per heavy atom. The van der Waals surface area contributed by atoms with Crippen LogP contribution in [0.1, 0.15) is 0 Å². The van der Waals surface area contributed by atoms with Gasteiger partial charge in [-0.25, -0.2) is 0 Å². The fourth-order valence-electron chi connectivity index (χ4n) is 5.55. The van der Waals surface area contributed by atoms with Crippen LogP contribution in [0.5, 0.6) is 34.5 Å². The molecule has 0 aliphatic rings. The topological polar surface area (TPSA) is 55.4 Å². The zero-order chi connectivity index (χ0) is 35.3. The fraction of sp³-hybridized carbons (Fsp3) is 0.143. The Morgan fingerprint density at radius 1 is 0.220 bits per heavy atom. The molecule has 0 bridgehead atoms. The third-order valence-electron chi connectivity index (χ3n) is 8.27. The van der Waals surface area contributed by atoms with Gasteiger partial charge < -0.3 is 0 Å². The Labute approximate surface area is 304 Å². The fourth-order valence-corrected chi connectivity index (χ4v) is 16.0. The van der Waals surface area contributed by atoms with Gasteiger partial charge >= 0.3 is 306 Å². The van der Waals surface area contributed by atoms with Gasteiger partial charge in [-0.2, -0.15) is 0 Å². The molecule has 0 N–H and O–H groups in total. The van der Waals surface area contributed by atoms with Crippen molar-refractivity contribution in [2.75, 3.05) is 42.7 Å². The van der Waals surface area contributed by atoms with Crippen LogP contribution in [0.3, 0.4) is 0 Å². The second-order valence-corrected chi connectivity index (χ2v) is 21.5. The predicted molar refractivity (Wildman–Crippen MR) is 207 cm³/mol. The van der Waals surface area contributed by atoms with E-state index in [-0.39, 0.29) is 0 Å². The number of ether oxygens (including phenoxy) is 6. The van der Waals surface area contributed by atoms with E-state index in [0.717, 1.165) is 34.5 Å². The van der Waals surface area contributed by atoms with Crippen LogP contribution in [0.25, 0.3) is 0 Å². The van der Waals surface area contributed by atoms with Crippen molar-refractivity contribution in [1.82, 2.24) is 0 Å². The van der Waals surface area contributed by atoms with E-state index in [0.29, 0.717) is 0 Å². The van der Waals surface area contributed by atoms with E-state index >= 15 is 0 Å². The van der Waals surface area contributed by atoms with Gasteiger partial charge in [-0.05, 0) is 0 Å². The van der Waals surface area contributed by atoms with Crippen molar-refractivity contribution in [1.29, 1.82) is 0 Å². The summed E-state index contributed by atoms with van der Waals surface area (Å²) >= 11 is -3.82. The molecule has 0 spiro atoms. The first-order valence-electron chi connectivity index (χ1n) is 16.1. The van der Waals surface area contributed by atoms with Gasteiger partial charge in [0.25, 0.3) is 0 Å². The average Bonchev–Trinajstić information content (AvgIpc) is 3.20. The zero-order valence-electron chi connectivity index (χ0n) is 29.3. The van der Waals surface area contributed by atoms with Gasteiger partial charge in [-0.3, -0.25) is 0 Å². The molecule has 0 unspecified atom stereocenters. The number of hydrogen-bond donors (Lipinski definition) is 0. The molecule has 0 aromatic heterocycles. The molecule has 0 heterocycles.